The second-order valence-corrected chi connectivity index (χ2v) is 6.04. The van der Waals surface area contributed by atoms with Crippen molar-refractivity contribution in [2.75, 3.05) is 37.9 Å². The lowest BCUT2D eigenvalue weighted by Crippen LogP contribution is -2.37. The fourth-order valence-corrected chi connectivity index (χ4v) is 4.05. The zero-order valence-corrected chi connectivity index (χ0v) is 11.7. The normalized spacial score (nSPS) is 12.3. The highest BCUT2D eigenvalue weighted by Crippen LogP contribution is 2.40. The lowest BCUT2D eigenvalue weighted by molar-refractivity contribution is 0.425. The molecule has 2 N–H and O–H groups in total. The maximum atomic E-state index is 12.5. The molecule has 0 aromatic heterocycles. The fraction of sp³-hybridized carbons (Fsp3) is 1.00. The molecule has 92 valence electrons. The van der Waals surface area contributed by atoms with Crippen molar-refractivity contribution in [3.63, 3.8) is 0 Å². The Labute approximate surface area is 102 Å². The van der Waals surface area contributed by atoms with E-state index < -0.39 is 7.59 Å². The van der Waals surface area contributed by atoms with Crippen LogP contribution in [0.15, 0.2) is 0 Å². The highest BCUT2D eigenvalue weighted by atomic mass is 35.5. The van der Waals surface area contributed by atoms with Crippen molar-refractivity contribution in [2.24, 2.45) is 0 Å². The lowest BCUT2D eigenvalue weighted by Gasteiger charge is -2.31. The Hall–Kier alpha value is 0.690. The van der Waals surface area contributed by atoms with Crippen molar-refractivity contribution in [3.05, 3.63) is 0 Å². The summed E-state index contributed by atoms with van der Waals surface area (Å²) in [4.78, 5) is 0. The van der Waals surface area contributed by atoms with E-state index in [0.29, 0.717) is 37.9 Å². The van der Waals surface area contributed by atoms with Crippen molar-refractivity contribution in [2.45, 2.75) is 13.8 Å². The minimum absolute atomic E-state index is 0.442. The Balaban J connectivity index is 4.56. The summed E-state index contributed by atoms with van der Waals surface area (Å²) in [6.45, 7) is 6.25. The Morgan fingerprint density at radius 2 is 1.47 bits per heavy atom. The van der Waals surface area contributed by atoms with E-state index in [1.165, 1.54) is 0 Å². The lowest BCUT2D eigenvalue weighted by atomic mass is 10.6. The quantitative estimate of drug-likeness (QED) is 0.500. The summed E-state index contributed by atoms with van der Waals surface area (Å²) in [7, 11) is -2.70. The number of alkyl halides is 2. The molecule has 0 rings (SSSR count). The van der Waals surface area contributed by atoms with Crippen LogP contribution in [-0.4, -0.2) is 42.6 Å². The molecule has 0 heterocycles. The molecule has 0 unspecified atom stereocenters. The SMILES string of the molecule is CCNP(=O)(NCC)N(CCCl)CCCl. The summed E-state index contributed by atoms with van der Waals surface area (Å²) in [6, 6.07) is 0. The first kappa shape index (κ1) is 15.7. The Bertz CT molecular complexity index is 190. The van der Waals surface area contributed by atoms with E-state index in [1.807, 2.05) is 13.8 Å². The third-order valence-corrected chi connectivity index (χ3v) is 4.85. The fourth-order valence-electron chi connectivity index (χ4n) is 1.27. The molecular weight excluding hydrogens is 256 g/mol. The van der Waals surface area contributed by atoms with Gasteiger partial charge in [-0.3, -0.25) is 4.57 Å². The Morgan fingerprint density at radius 1 is 1.07 bits per heavy atom. The summed E-state index contributed by atoms with van der Waals surface area (Å²) in [5.41, 5.74) is 0. The van der Waals surface area contributed by atoms with E-state index in [-0.39, 0.29) is 0 Å². The highest BCUT2D eigenvalue weighted by Gasteiger charge is 2.27. The van der Waals surface area contributed by atoms with Gasteiger partial charge >= 0.3 is 0 Å². The van der Waals surface area contributed by atoms with E-state index in [2.05, 4.69) is 10.2 Å². The van der Waals surface area contributed by atoms with Gasteiger partial charge in [-0.2, -0.15) is 0 Å². The minimum atomic E-state index is -2.70. The number of hydrogen-bond donors (Lipinski definition) is 2. The topological polar surface area (TPSA) is 44.4 Å². The van der Waals surface area contributed by atoms with Gasteiger partial charge in [-0.05, 0) is 0 Å². The molecule has 4 nitrogen and oxygen atoms in total. The largest absolute Gasteiger partial charge is 0.281 e. The van der Waals surface area contributed by atoms with Crippen LogP contribution in [0.1, 0.15) is 13.8 Å². The number of rotatable bonds is 9. The van der Waals surface area contributed by atoms with Crippen LogP contribution < -0.4 is 10.2 Å². The molecule has 0 bridgehead atoms. The predicted octanol–water partition coefficient (Wildman–Crippen LogP) is 2.09. The van der Waals surface area contributed by atoms with E-state index in [1.54, 1.807) is 4.67 Å². The van der Waals surface area contributed by atoms with Crippen LogP contribution in [0.4, 0.5) is 0 Å². The van der Waals surface area contributed by atoms with Gasteiger partial charge in [-0.1, -0.05) is 13.8 Å². The van der Waals surface area contributed by atoms with E-state index in [0.717, 1.165) is 0 Å². The van der Waals surface area contributed by atoms with Gasteiger partial charge in [-0.15, -0.1) is 23.2 Å². The summed E-state index contributed by atoms with van der Waals surface area (Å²) in [5, 5.41) is 5.97. The Morgan fingerprint density at radius 3 is 1.73 bits per heavy atom. The van der Waals surface area contributed by atoms with Crippen molar-refractivity contribution in [1.82, 2.24) is 14.8 Å². The monoisotopic (exact) mass is 275 g/mol. The van der Waals surface area contributed by atoms with Gasteiger partial charge in [0.15, 0.2) is 0 Å². The van der Waals surface area contributed by atoms with Gasteiger partial charge in [0.25, 0.3) is 7.59 Å². The molecule has 0 aliphatic carbocycles. The number of hydrogen-bond acceptors (Lipinski definition) is 1. The molecule has 0 spiro atoms. The summed E-state index contributed by atoms with van der Waals surface area (Å²) in [5.74, 6) is 0.884. The van der Waals surface area contributed by atoms with E-state index >= 15 is 0 Å². The van der Waals surface area contributed by atoms with Crippen molar-refractivity contribution < 1.29 is 4.57 Å². The van der Waals surface area contributed by atoms with Crippen LogP contribution in [0.5, 0.6) is 0 Å². The average molecular weight is 276 g/mol. The molecule has 15 heavy (non-hydrogen) atoms. The van der Waals surface area contributed by atoms with Crippen LogP contribution in [0.25, 0.3) is 0 Å². The average Bonchev–Trinajstić information content (AvgIpc) is 2.18. The van der Waals surface area contributed by atoms with Crippen LogP contribution in [0.2, 0.25) is 0 Å². The molecule has 0 amide bonds. The Kier molecular flexibility index (Phi) is 9.20. The van der Waals surface area contributed by atoms with Crippen molar-refractivity contribution >= 4 is 30.8 Å². The maximum absolute atomic E-state index is 12.5. The third kappa shape index (κ3) is 5.53. The summed E-state index contributed by atoms with van der Waals surface area (Å²) >= 11 is 11.4. The molecule has 0 saturated carbocycles. The molecule has 0 aromatic rings. The predicted molar refractivity (Wildman–Crippen MR) is 68.0 cm³/mol. The second kappa shape index (κ2) is 8.80. The third-order valence-electron chi connectivity index (χ3n) is 1.83. The van der Waals surface area contributed by atoms with Crippen molar-refractivity contribution in [3.8, 4) is 0 Å². The first-order valence-corrected chi connectivity index (χ1v) is 7.85. The smallest absolute Gasteiger partial charge is 0.271 e. The standard InChI is InChI=1S/C8H20Cl2N3OP/c1-3-11-15(14,12-4-2)13(7-5-9)8-6-10/h3-8H2,1-2H3,(H2,11,12,14). The van der Waals surface area contributed by atoms with Gasteiger partial charge in [0.05, 0.1) is 0 Å². The second-order valence-electron chi connectivity index (χ2n) is 2.93. The van der Waals surface area contributed by atoms with E-state index in [9.17, 15) is 4.57 Å². The molecule has 0 aromatic carbocycles. The molecule has 0 aliphatic heterocycles. The molecule has 0 atom stereocenters. The molecule has 0 aliphatic rings. The van der Waals surface area contributed by atoms with Crippen molar-refractivity contribution in [1.29, 1.82) is 0 Å². The van der Waals surface area contributed by atoms with Crippen LogP contribution >= 0.6 is 30.8 Å². The van der Waals surface area contributed by atoms with Crippen LogP contribution in [0.3, 0.4) is 0 Å². The number of nitrogens with one attached hydrogen (secondary N) is 2. The molecule has 7 heteroatoms. The summed E-state index contributed by atoms with van der Waals surface area (Å²) < 4.78 is 14.3. The molecule has 0 saturated heterocycles. The maximum Gasteiger partial charge on any atom is 0.281 e. The van der Waals surface area contributed by atoms with Crippen LogP contribution in [-0.2, 0) is 4.57 Å². The minimum Gasteiger partial charge on any atom is -0.271 e. The van der Waals surface area contributed by atoms with Crippen LogP contribution in [0, 0.1) is 0 Å². The van der Waals surface area contributed by atoms with Gasteiger partial charge in [-0.25, -0.2) is 14.8 Å². The first-order chi connectivity index (χ1) is 7.14. The number of halogens is 2. The molecule has 0 radical (unpaired) electrons. The van der Waals surface area contributed by atoms with E-state index in [4.69, 9.17) is 23.2 Å². The van der Waals surface area contributed by atoms with Gasteiger partial charge < -0.3 is 0 Å². The highest BCUT2D eigenvalue weighted by molar-refractivity contribution is 7.57. The zero-order chi connectivity index (χ0) is 11.7. The van der Waals surface area contributed by atoms with Gasteiger partial charge in [0.1, 0.15) is 0 Å². The zero-order valence-electron chi connectivity index (χ0n) is 9.30. The van der Waals surface area contributed by atoms with Gasteiger partial charge in [0, 0.05) is 37.9 Å². The first-order valence-electron chi connectivity index (χ1n) is 5.12. The summed E-state index contributed by atoms with van der Waals surface area (Å²) in [6.07, 6.45) is 0. The number of nitrogens with zero attached hydrogens (tertiary/aromatic N) is 1. The molecular formula is C8H20Cl2N3OP. The molecule has 0 fully saturated rings. The van der Waals surface area contributed by atoms with Gasteiger partial charge in [0.2, 0.25) is 0 Å².